The van der Waals surface area contributed by atoms with Gasteiger partial charge in [-0.05, 0) is 51.9 Å². The number of hydrogen-bond acceptors (Lipinski definition) is 6. The molecular weight excluding hydrogens is 390 g/mol. The highest BCUT2D eigenvalue weighted by atomic mass is 16.5. The summed E-state index contributed by atoms with van der Waals surface area (Å²) in [6, 6.07) is -0.0497. The molecule has 2 aromatic rings. The van der Waals surface area contributed by atoms with Gasteiger partial charge in [-0.1, -0.05) is 24.4 Å². The zero-order chi connectivity index (χ0) is 22.0. The maximum atomic E-state index is 13.4. The van der Waals surface area contributed by atoms with E-state index in [-0.39, 0.29) is 11.9 Å². The molecule has 1 aliphatic carbocycles. The van der Waals surface area contributed by atoms with Crippen LogP contribution in [0.5, 0.6) is 0 Å². The lowest BCUT2D eigenvalue weighted by atomic mass is 9.86. The first kappa shape index (κ1) is 21.8. The monoisotopic (exact) mass is 425 g/mol. The Labute approximate surface area is 185 Å². The number of hydrogen-bond donors (Lipinski definition) is 0. The molecule has 0 unspecified atom stereocenters. The molecular formula is C24H35N5O2. The third kappa shape index (κ3) is 4.60. The zero-order valence-corrected chi connectivity index (χ0v) is 19.4. The second-order valence-electron chi connectivity index (χ2n) is 9.39. The topological polar surface area (TPSA) is 75.4 Å². The van der Waals surface area contributed by atoms with Crippen molar-refractivity contribution in [1.29, 1.82) is 0 Å². The number of carbonyl (C=O) groups is 1. The lowest BCUT2D eigenvalue weighted by Crippen LogP contribution is -2.40. The van der Waals surface area contributed by atoms with Gasteiger partial charge in [-0.15, -0.1) is 0 Å². The molecule has 0 N–H and O–H groups in total. The van der Waals surface area contributed by atoms with Gasteiger partial charge in [0.2, 0.25) is 11.9 Å². The van der Waals surface area contributed by atoms with E-state index in [1.807, 2.05) is 39.0 Å². The summed E-state index contributed by atoms with van der Waals surface area (Å²) in [4.78, 5) is 26.9. The quantitative estimate of drug-likeness (QED) is 0.682. The number of aryl methyl sites for hydroxylation is 1. The summed E-state index contributed by atoms with van der Waals surface area (Å²) < 4.78 is 5.68. The van der Waals surface area contributed by atoms with Crippen LogP contribution in [-0.2, 0) is 4.79 Å². The number of anilines is 1. The van der Waals surface area contributed by atoms with Gasteiger partial charge in [-0.25, -0.2) is 9.97 Å². The van der Waals surface area contributed by atoms with Crippen LogP contribution in [0, 0.1) is 19.8 Å². The minimum Gasteiger partial charge on any atom is -0.356 e. The Hall–Kier alpha value is -2.44. The predicted molar refractivity (Wildman–Crippen MR) is 121 cm³/mol. The van der Waals surface area contributed by atoms with Crippen molar-refractivity contribution in [3.8, 4) is 11.3 Å². The fourth-order valence-corrected chi connectivity index (χ4v) is 4.97. The van der Waals surface area contributed by atoms with Crippen molar-refractivity contribution in [1.82, 2.24) is 20.0 Å². The number of likely N-dealkylation sites (tertiary alicyclic amines) is 1. The Bertz CT molecular complexity index is 917. The van der Waals surface area contributed by atoms with Crippen LogP contribution in [0.25, 0.3) is 11.3 Å². The Morgan fingerprint density at radius 3 is 2.55 bits per heavy atom. The number of carbonyl (C=O) groups excluding carboxylic acids is 1. The predicted octanol–water partition coefficient (Wildman–Crippen LogP) is 4.84. The third-order valence-electron chi connectivity index (χ3n) is 6.93. The maximum Gasteiger partial charge on any atom is 0.225 e. The van der Waals surface area contributed by atoms with Gasteiger partial charge in [0.15, 0.2) is 5.76 Å². The third-order valence-corrected chi connectivity index (χ3v) is 6.93. The summed E-state index contributed by atoms with van der Waals surface area (Å²) in [5.74, 6) is 2.17. The van der Waals surface area contributed by atoms with Crippen LogP contribution in [0.15, 0.2) is 10.7 Å². The summed E-state index contributed by atoms with van der Waals surface area (Å²) in [7, 11) is 3.88. The van der Waals surface area contributed by atoms with E-state index in [1.54, 1.807) is 0 Å². The first-order chi connectivity index (χ1) is 15.0. The molecule has 1 amide bonds. The largest absolute Gasteiger partial charge is 0.356 e. The zero-order valence-electron chi connectivity index (χ0n) is 19.4. The van der Waals surface area contributed by atoms with Crippen LogP contribution in [0.4, 0.5) is 5.95 Å². The molecule has 7 nitrogen and oxygen atoms in total. The van der Waals surface area contributed by atoms with Crippen LogP contribution in [-0.4, -0.2) is 46.6 Å². The molecule has 31 heavy (non-hydrogen) atoms. The summed E-state index contributed by atoms with van der Waals surface area (Å²) in [6.07, 6.45) is 11.8. The van der Waals surface area contributed by atoms with Gasteiger partial charge in [0.05, 0.1) is 23.0 Å². The normalized spacial score (nSPS) is 20.1. The average molecular weight is 426 g/mol. The van der Waals surface area contributed by atoms with E-state index in [9.17, 15) is 4.79 Å². The lowest BCUT2D eigenvalue weighted by Gasteiger charge is -2.37. The van der Waals surface area contributed by atoms with Crippen LogP contribution in [0.3, 0.4) is 0 Å². The van der Waals surface area contributed by atoms with Crippen molar-refractivity contribution in [2.24, 2.45) is 5.92 Å². The van der Waals surface area contributed by atoms with Gasteiger partial charge < -0.3 is 14.3 Å². The van der Waals surface area contributed by atoms with Crippen LogP contribution in [0.2, 0.25) is 0 Å². The second-order valence-corrected chi connectivity index (χ2v) is 9.39. The summed E-state index contributed by atoms with van der Waals surface area (Å²) >= 11 is 0. The van der Waals surface area contributed by atoms with Gasteiger partial charge in [-0.2, -0.15) is 0 Å². The SMILES string of the molecule is Cc1noc(-c2cnc(N(C)C)nc2[C@@H]2CCCCN2C(=O)CC2CCCCC2)c1C. The van der Waals surface area contributed by atoms with E-state index >= 15 is 0 Å². The highest BCUT2D eigenvalue weighted by molar-refractivity contribution is 5.77. The Morgan fingerprint density at radius 1 is 1.13 bits per heavy atom. The van der Waals surface area contributed by atoms with Gasteiger partial charge in [0, 0.05) is 38.8 Å². The van der Waals surface area contributed by atoms with Gasteiger partial charge in [0.1, 0.15) is 0 Å². The molecule has 0 aromatic carbocycles. The Kier molecular flexibility index (Phi) is 6.58. The highest BCUT2D eigenvalue weighted by Crippen LogP contribution is 2.39. The van der Waals surface area contributed by atoms with Crippen LogP contribution >= 0.6 is 0 Å². The Morgan fingerprint density at radius 2 is 1.87 bits per heavy atom. The number of amides is 1. The van der Waals surface area contributed by atoms with E-state index in [0.29, 0.717) is 24.0 Å². The first-order valence-corrected chi connectivity index (χ1v) is 11.7. The van der Waals surface area contributed by atoms with Crippen molar-refractivity contribution in [3.63, 3.8) is 0 Å². The molecule has 0 spiro atoms. The lowest BCUT2D eigenvalue weighted by molar-refractivity contribution is -0.136. The van der Waals surface area contributed by atoms with Crippen molar-refractivity contribution >= 4 is 11.9 Å². The van der Waals surface area contributed by atoms with Crippen molar-refractivity contribution in [2.45, 2.75) is 77.7 Å². The molecule has 1 aliphatic heterocycles. The maximum absolute atomic E-state index is 13.4. The molecule has 1 saturated heterocycles. The molecule has 0 radical (unpaired) electrons. The van der Waals surface area contributed by atoms with Crippen molar-refractivity contribution in [2.75, 3.05) is 25.5 Å². The number of aromatic nitrogens is 3. The molecule has 4 rings (SSSR count). The molecule has 2 aromatic heterocycles. The minimum absolute atomic E-state index is 0.0497. The second kappa shape index (κ2) is 9.37. The van der Waals surface area contributed by atoms with Crippen molar-refractivity contribution in [3.05, 3.63) is 23.1 Å². The highest BCUT2D eigenvalue weighted by Gasteiger charge is 2.33. The average Bonchev–Trinajstić information content (AvgIpc) is 3.12. The number of nitrogens with zero attached hydrogens (tertiary/aromatic N) is 5. The number of piperidine rings is 1. The first-order valence-electron chi connectivity index (χ1n) is 11.7. The summed E-state index contributed by atoms with van der Waals surface area (Å²) in [6.45, 7) is 4.75. The molecule has 7 heteroatoms. The minimum atomic E-state index is -0.0497. The van der Waals surface area contributed by atoms with Crippen molar-refractivity contribution < 1.29 is 9.32 Å². The summed E-state index contributed by atoms with van der Waals surface area (Å²) in [5, 5.41) is 4.15. The van der Waals surface area contributed by atoms with E-state index in [2.05, 4.69) is 15.0 Å². The van der Waals surface area contributed by atoms with E-state index in [1.165, 1.54) is 32.1 Å². The molecule has 2 fully saturated rings. The van der Waals surface area contributed by atoms with Gasteiger partial charge >= 0.3 is 0 Å². The smallest absolute Gasteiger partial charge is 0.225 e. The van der Waals surface area contributed by atoms with E-state index < -0.39 is 0 Å². The van der Waals surface area contributed by atoms with Crippen LogP contribution in [0.1, 0.15) is 80.8 Å². The van der Waals surface area contributed by atoms with E-state index in [4.69, 9.17) is 9.51 Å². The molecule has 168 valence electrons. The Balaban J connectivity index is 1.69. The molecule has 1 atom stereocenters. The standard InChI is InChI=1S/C24H35N5O2/c1-16-17(2)27-31-23(16)19-15-25-24(28(3)4)26-22(19)20-12-8-9-13-29(20)21(30)14-18-10-6-5-7-11-18/h15,18,20H,5-14H2,1-4H3/t20-/m0/s1. The van der Waals surface area contributed by atoms with E-state index in [0.717, 1.165) is 48.3 Å². The molecule has 1 saturated carbocycles. The molecule has 3 heterocycles. The number of rotatable bonds is 5. The fourth-order valence-electron chi connectivity index (χ4n) is 4.97. The van der Waals surface area contributed by atoms with Gasteiger partial charge in [0.25, 0.3) is 0 Å². The van der Waals surface area contributed by atoms with Gasteiger partial charge in [-0.3, -0.25) is 4.79 Å². The molecule has 2 aliphatic rings. The van der Waals surface area contributed by atoms with Crippen LogP contribution < -0.4 is 4.90 Å². The fraction of sp³-hybridized carbons (Fsp3) is 0.667. The molecule has 0 bridgehead atoms. The summed E-state index contributed by atoms with van der Waals surface area (Å²) in [5.41, 5.74) is 3.60.